The molecule has 1 aliphatic rings. The highest BCUT2D eigenvalue weighted by molar-refractivity contribution is 7.71. The Hall–Kier alpha value is -1.33. The van der Waals surface area contributed by atoms with Gasteiger partial charge in [-0.05, 0) is 6.92 Å². The monoisotopic (exact) mass is 251 g/mol. The third kappa shape index (κ3) is 1.85. The van der Waals surface area contributed by atoms with E-state index in [1.807, 2.05) is 13.0 Å². The van der Waals surface area contributed by atoms with Crippen LogP contribution in [-0.4, -0.2) is 26.3 Å². The number of rotatable bonds is 1. The molecule has 0 amide bonds. The summed E-state index contributed by atoms with van der Waals surface area (Å²) in [7, 11) is 0. The van der Waals surface area contributed by atoms with E-state index in [2.05, 4.69) is 4.90 Å². The van der Waals surface area contributed by atoms with Gasteiger partial charge < -0.3 is 18.5 Å². The van der Waals surface area contributed by atoms with Gasteiger partial charge in [-0.1, -0.05) is 12.2 Å². The smallest absolute Gasteiger partial charge is 0.197 e. The Morgan fingerprint density at radius 3 is 2.76 bits per heavy atom. The molecule has 0 aromatic carbocycles. The van der Waals surface area contributed by atoms with Crippen molar-refractivity contribution in [1.82, 2.24) is 0 Å². The van der Waals surface area contributed by atoms with Crippen LogP contribution >= 0.6 is 12.2 Å². The molecule has 1 saturated heterocycles. The fourth-order valence-electron chi connectivity index (χ4n) is 1.98. The van der Waals surface area contributed by atoms with Gasteiger partial charge >= 0.3 is 0 Å². The van der Waals surface area contributed by atoms with Crippen molar-refractivity contribution < 1.29 is 13.6 Å². The number of nitrogens with zero attached hydrogens (tertiary/aromatic N) is 1. The van der Waals surface area contributed by atoms with Gasteiger partial charge in [0.1, 0.15) is 0 Å². The summed E-state index contributed by atoms with van der Waals surface area (Å²) in [5.41, 5.74) is 2.38. The molecule has 0 spiro atoms. The van der Waals surface area contributed by atoms with Crippen molar-refractivity contribution in [1.29, 1.82) is 0 Å². The van der Waals surface area contributed by atoms with Crippen molar-refractivity contribution in [2.45, 2.75) is 6.92 Å². The molecule has 2 aromatic heterocycles. The van der Waals surface area contributed by atoms with Gasteiger partial charge in [-0.15, -0.1) is 0 Å². The Kier molecular flexibility index (Phi) is 2.64. The predicted molar refractivity (Wildman–Crippen MR) is 67.1 cm³/mol. The van der Waals surface area contributed by atoms with E-state index in [0.717, 1.165) is 43.3 Å². The van der Waals surface area contributed by atoms with Crippen molar-refractivity contribution in [3.63, 3.8) is 0 Å². The molecule has 5 heteroatoms. The first kappa shape index (κ1) is 10.8. The van der Waals surface area contributed by atoms with Crippen molar-refractivity contribution in [2.24, 2.45) is 0 Å². The molecule has 90 valence electrons. The van der Waals surface area contributed by atoms with E-state index < -0.39 is 0 Å². The standard InChI is InChI=1S/C12H13NO3S/c1-8-7-15-12-9(17)6-10(16-11(8)12)13-2-4-14-5-3-13/h6-7H,2-5H2,1H3. The minimum absolute atomic E-state index is 0.662. The van der Waals surface area contributed by atoms with Crippen LogP contribution in [-0.2, 0) is 4.74 Å². The van der Waals surface area contributed by atoms with Crippen LogP contribution in [0.1, 0.15) is 5.56 Å². The zero-order valence-corrected chi connectivity index (χ0v) is 10.4. The van der Waals surface area contributed by atoms with E-state index in [9.17, 15) is 0 Å². The zero-order chi connectivity index (χ0) is 11.8. The molecule has 0 bridgehead atoms. The molecule has 0 atom stereocenters. The van der Waals surface area contributed by atoms with Crippen molar-refractivity contribution in [3.8, 4) is 0 Å². The lowest BCUT2D eigenvalue weighted by Crippen LogP contribution is -2.36. The summed E-state index contributed by atoms with van der Waals surface area (Å²) in [6, 6.07) is 1.85. The van der Waals surface area contributed by atoms with Crippen LogP contribution in [0.15, 0.2) is 21.2 Å². The van der Waals surface area contributed by atoms with Gasteiger partial charge in [-0.25, -0.2) is 0 Å². The Balaban J connectivity index is 2.10. The summed E-state index contributed by atoms with van der Waals surface area (Å²) in [4.78, 5) is 2.14. The summed E-state index contributed by atoms with van der Waals surface area (Å²) in [5, 5.41) is 0. The van der Waals surface area contributed by atoms with Crippen molar-refractivity contribution in [3.05, 3.63) is 22.4 Å². The molecular formula is C12H13NO3S. The average molecular weight is 251 g/mol. The molecule has 0 unspecified atom stereocenters. The second kappa shape index (κ2) is 4.16. The Morgan fingerprint density at radius 1 is 1.24 bits per heavy atom. The number of aryl methyl sites for hydroxylation is 1. The molecule has 4 nitrogen and oxygen atoms in total. The number of hydrogen-bond acceptors (Lipinski definition) is 5. The van der Waals surface area contributed by atoms with E-state index >= 15 is 0 Å². The third-order valence-electron chi connectivity index (χ3n) is 2.93. The Bertz CT molecular complexity index is 595. The SMILES string of the molecule is Cc1coc2c(=S)cc(N3CCOCC3)oc12. The van der Waals surface area contributed by atoms with Gasteiger partial charge in [0.2, 0.25) is 0 Å². The van der Waals surface area contributed by atoms with Gasteiger partial charge in [0.05, 0.1) is 24.0 Å². The molecular weight excluding hydrogens is 238 g/mol. The van der Waals surface area contributed by atoms with E-state index in [4.69, 9.17) is 25.8 Å². The lowest BCUT2D eigenvalue weighted by molar-refractivity contribution is 0.121. The van der Waals surface area contributed by atoms with Crippen molar-refractivity contribution in [2.75, 3.05) is 31.2 Å². The fourth-order valence-corrected chi connectivity index (χ4v) is 2.22. The van der Waals surface area contributed by atoms with Gasteiger partial charge in [-0.3, -0.25) is 0 Å². The first-order valence-corrected chi connectivity index (χ1v) is 6.01. The number of furan rings is 1. The van der Waals surface area contributed by atoms with Crippen LogP contribution in [0.5, 0.6) is 0 Å². The maximum absolute atomic E-state index is 5.86. The van der Waals surface area contributed by atoms with Gasteiger partial charge in [0.25, 0.3) is 0 Å². The molecule has 2 aromatic rings. The van der Waals surface area contributed by atoms with Gasteiger partial charge in [-0.2, -0.15) is 0 Å². The van der Waals surface area contributed by atoms with Gasteiger partial charge in [0.15, 0.2) is 17.1 Å². The van der Waals surface area contributed by atoms with Crippen LogP contribution in [0.2, 0.25) is 0 Å². The minimum atomic E-state index is 0.662. The van der Waals surface area contributed by atoms with E-state index in [1.54, 1.807) is 6.26 Å². The molecule has 0 radical (unpaired) electrons. The van der Waals surface area contributed by atoms with Crippen LogP contribution < -0.4 is 4.90 Å². The highest BCUT2D eigenvalue weighted by atomic mass is 32.1. The van der Waals surface area contributed by atoms with Gasteiger partial charge in [0, 0.05) is 24.7 Å². The van der Waals surface area contributed by atoms with E-state index in [1.165, 1.54) is 0 Å². The van der Waals surface area contributed by atoms with E-state index in [0.29, 0.717) is 10.1 Å². The number of ether oxygens (including phenoxy) is 1. The maximum atomic E-state index is 5.86. The summed E-state index contributed by atoms with van der Waals surface area (Å²) in [6.45, 7) is 5.07. The third-order valence-corrected chi connectivity index (χ3v) is 3.23. The average Bonchev–Trinajstić information content (AvgIpc) is 2.73. The quantitative estimate of drug-likeness (QED) is 0.729. The molecule has 1 aliphatic heterocycles. The van der Waals surface area contributed by atoms with Crippen LogP contribution in [0.4, 0.5) is 5.88 Å². The van der Waals surface area contributed by atoms with Crippen LogP contribution in [0.25, 0.3) is 11.2 Å². The molecule has 3 heterocycles. The second-order valence-corrected chi connectivity index (χ2v) is 4.57. The molecule has 17 heavy (non-hydrogen) atoms. The van der Waals surface area contributed by atoms with Crippen LogP contribution in [0, 0.1) is 11.4 Å². The molecule has 0 saturated carbocycles. The second-order valence-electron chi connectivity index (χ2n) is 4.13. The maximum Gasteiger partial charge on any atom is 0.197 e. The summed E-state index contributed by atoms with van der Waals surface area (Å²) in [6.07, 6.45) is 1.67. The minimum Gasteiger partial charge on any atom is -0.459 e. The first-order valence-electron chi connectivity index (χ1n) is 5.60. The molecule has 0 N–H and O–H groups in total. The van der Waals surface area contributed by atoms with Crippen LogP contribution in [0.3, 0.4) is 0 Å². The molecule has 0 aliphatic carbocycles. The first-order chi connectivity index (χ1) is 8.25. The summed E-state index contributed by atoms with van der Waals surface area (Å²) in [5.74, 6) is 0.801. The summed E-state index contributed by atoms with van der Waals surface area (Å²) >= 11 is 5.31. The number of fused-ring (bicyclic) bond motifs is 1. The largest absolute Gasteiger partial charge is 0.459 e. The summed E-state index contributed by atoms with van der Waals surface area (Å²) < 4.78 is 17.3. The number of anilines is 1. The molecule has 1 fully saturated rings. The fraction of sp³-hybridized carbons (Fsp3) is 0.417. The zero-order valence-electron chi connectivity index (χ0n) is 9.56. The number of morpholine rings is 1. The Labute approximate surface area is 104 Å². The lowest BCUT2D eigenvalue weighted by atomic mass is 10.3. The van der Waals surface area contributed by atoms with E-state index in [-0.39, 0.29) is 0 Å². The highest BCUT2D eigenvalue weighted by Gasteiger charge is 2.16. The Morgan fingerprint density at radius 2 is 2.00 bits per heavy atom. The predicted octanol–water partition coefficient (Wildman–Crippen LogP) is 2.90. The molecule has 3 rings (SSSR count). The highest BCUT2D eigenvalue weighted by Crippen LogP contribution is 2.27. The van der Waals surface area contributed by atoms with Crippen molar-refractivity contribution >= 4 is 29.3 Å². The normalized spacial score (nSPS) is 16.6. The topological polar surface area (TPSA) is 38.8 Å². The lowest BCUT2D eigenvalue weighted by Gasteiger charge is -2.27. The number of hydrogen-bond donors (Lipinski definition) is 0.